The number of esters is 3. The number of hydrogen-bond acceptors (Lipinski definition) is 24. The summed E-state index contributed by atoms with van der Waals surface area (Å²) in [6, 6.07) is 35.1. The third-order valence-corrected chi connectivity index (χ3v) is 15.4. The molecule has 0 unspecified atom stereocenters. The Morgan fingerprint density at radius 3 is 1.07 bits per heavy atom. The minimum atomic E-state index is -1.34. The maximum atomic E-state index is 14.1. The van der Waals surface area contributed by atoms with Crippen molar-refractivity contribution in [3.8, 4) is 46.1 Å². The number of fused-ring (bicyclic) bond motifs is 3. The molecule has 38 heteroatoms. The van der Waals surface area contributed by atoms with Crippen molar-refractivity contribution in [2.24, 2.45) is 16.8 Å². The SMILES string of the molecule is CO.COC(=O)c1ccc(-c2noc(-c3cc4c(C)ccc(C)c4o3)n2)cc1F.COC(=O)c1ccc(/C(N)=N\O)cc1F.C[Si](C)(C)Cl.Cc1ccc(C)c2oc(-c3nc(-c4ccc(C(=O)O)c(F)c4)no3)cc12.Cc1ccc(C)c2oc(C(=O)O)cc12.NO.[C-]#[N+]c1ccc(C(=O)O)c(F)c1.[C-]#[N+]c1ccc(C(=O)OC)c(F)c1.[Li+].[OH-]. The van der Waals surface area contributed by atoms with Crippen LogP contribution in [0.25, 0.3) is 88.7 Å². The fraction of sp³-hybridized carbons (Fsp3) is 0.163. The van der Waals surface area contributed by atoms with Crippen LogP contribution < -0.4 is 30.5 Å². The van der Waals surface area contributed by atoms with Crippen molar-refractivity contribution in [3.05, 3.63) is 270 Å². The van der Waals surface area contributed by atoms with E-state index < -0.39 is 83.4 Å². The molecule has 0 bridgehead atoms. The van der Waals surface area contributed by atoms with Crippen LogP contribution in [0.15, 0.2) is 173 Å². The molecule has 5 heterocycles. The second-order valence-electron chi connectivity index (χ2n) is 24.6. The maximum Gasteiger partial charge on any atom is 1.00 e. The molecule has 0 aliphatic heterocycles. The number of halogens is 6. The van der Waals surface area contributed by atoms with Crippen LogP contribution in [0, 0.1) is 83.8 Å². The Bertz CT molecular complexity index is 5750. The number of aromatic carboxylic acids is 3. The molecule has 0 fully saturated rings. The van der Waals surface area contributed by atoms with Crippen LogP contribution in [0.5, 0.6) is 0 Å². The molecule has 0 aliphatic rings. The Balaban J connectivity index is 0.000000367. The van der Waals surface area contributed by atoms with Crippen molar-refractivity contribution >= 4 is 104 Å². The number of carbonyl (C=O) groups is 6. The number of aromatic nitrogens is 4. The van der Waals surface area contributed by atoms with Gasteiger partial charge in [-0.05, 0) is 154 Å². The Labute approximate surface area is 686 Å². The monoisotopic (exact) mass is 1660 g/mol. The van der Waals surface area contributed by atoms with Gasteiger partial charge in [-0.2, -0.15) is 21.0 Å². The number of carbonyl (C=O) groups excluding carboxylic acids is 3. The molecule has 118 heavy (non-hydrogen) atoms. The van der Waals surface area contributed by atoms with E-state index in [1.807, 2.05) is 90.1 Å². The number of ether oxygens (including phenoxy) is 3. The summed E-state index contributed by atoms with van der Waals surface area (Å²) >= 11 is 5.67. The van der Waals surface area contributed by atoms with E-state index in [0.29, 0.717) is 28.2 Å². The van der Waals surface area contributed by atoms with Gasteiger partial charge in [-0.3, -0.25) is 0 Å². The number of aliphatic hydroxyl groups is 1. The van der Waals surface area contributed by atoms with Gasteiger partial charge in [-0.25, -0.2) is 66.3 Å². The van der Waals surface area contributed by atoms with Crippen molar-refractivity contribution in [2.45, 2.75) is 61.2 Å². The van der Waals surface area contributed by atoms with E-state index in [2.05, 4.69) is 74.9 Å². The topological polar surface area (TPSA) is 472 Å². The fourth-order valence-corrected chi connectivity index (χ4v) is 9.74. The van der Waals surface area contributed by atoms with Gasteiger partial charge in [0.15, 0.2) is 28.7 Å². The number of aliphatic hydroxyl groups excluding tert-OH is 1. The zero-order valence-corrected chi connectivity index (χ0v) is 67.0. The van der Waals surface area contributed by atoms with Crippen molar-refractivity contribution < 1.29 is 142 Å². The molecule has 11 N–H and O–H groups in total. The number of rotatable bonds is 11. The zero-order valence-electron chi connectivity index (χ0n) is 65.3. The first-order valence-electron chi connectivity index (χ1n) is 33.2. The Kier molecular flexibility index (Phi) is 37.9. The van der Waals surface area contributed by atoms with E-state index in [4.69, 9.17) is 83.1 Å². The number of benzene rings is 8. The number of methoxy groups -OCH3 is 3. The predicted octanol–water partition coefficient (Wildman–Crippen LogP) is 14.8. The third-order valence-electron chi connectivity index (χ3n) is 15.4. The van der Waals surface area contributed by atoms with Crippen molar-refractivity contribution in [3.63, 3.8) is 0 Å². The van der Waals surface area contributed by atoms with E-state index in [1.165, 1.54) is 62.8 Å². The number of nitrogens with zero attached hydrogens (tertiary/aromatic N) is 7. The first kappa shape index (κ1) is 98.5. The molecule has 0 aliphatic carbocycles. The van der Waals surface area contributed by atoms with E-state index in [-0.39, 0.29) is 93.0 Å². The maximum absolute atomic E-state index is 14.1. The quantitative estimate of drug-likeness (QED) is 0.00569. The Morgan fingerprint density at radius 2 is 0.771 bits per heavy atom. The van der Waals surface area contributed by atoms with Gasteiger partial charge in [-0.1, -0.05) is 102 Å². The van der Waals surface area contributed by atoms with Gasteiger partial charge in [0.25, 0.3) is 11.8 Å². The van der Waals surface area contributed by atoms with Crippen LogP contribution in [-0.4, -0.2) is 134 Å². The van der Waals surface area contributed by atoms with Crippen molar-refractivity contribution in [1.29, 1.82) is 0 Å². The Hall–Kier alpha value is -13.7. The second kappa shape index (κ2) is 45.4. The van der Waals surface area contributed by atoms with Gasteiger partial charge in [0.2, 0.25) is 17.4 Å². The number of nitrogens with two attached hydrogens (primary N) is 2. The van der Waals surface area contributed by atoms with Crippen LogP contribution in [-0.2, 0) is 14.2 Å². The summed E-state index contributed by atoms with van der Waals surface area (Å²) in [6.45, 7) is 31.1. The summed E-state index contributed by atoms with van der Waals surface area (Å²) in [5, 5.41) is 61.2. The van der Waals surface area contributed by atoms with Crippen LogP contribution in [0.2, 0.25) is 19.6 Å². The minimum absolute atomic E-state index is 0. The number of carboxylic acids is 3. The largest absolute Gasteiger partial charge is 1.00 e. The molecule has 8 aromatic carbocycles. The molecule has 0 amide bonds. The Morgan fingerprint density at radius 1 is 0.466 bits per heavy atom. The molecule has 0 spiro atoms. The zero-order chi connectivity index (χ0) is 86.7. The van der Waals surface area contributed by atoms with Crippen LogP contribution in [0.3, 0.4) is 0 Å². The third kappa shape index (κ3) is 26.2. The smallest absolute Gasteiger partial charge is 0.870 e. The van der Waals surface area contributed by atoms with Gasteiger partial charge in [-0.15, -0.1) is 0 Å². The van der Waals surface area contributed by atoms with Crippen LogP contribution >= 0.6 is 11.1 Å². The molecule has 13 aromatic rings. The number of amidine groups is 1. The molecule has 30 nitrogen and oxygen atoms in total. The molecule has 0 saturated heterocycles. The summed E-state index contributed by atoms with van der Waals surface area (Å²) in [4.78, 5) is 79.8. The van der Waals surface area contributed by atoms with Gasteiger partial charge in [0.1, 0.15) is 53.2 Å². The van der Waals surface area contributed by atoms with Gasteiger partial charge >= 0.3 is 54.7 Å². The van der Waals surface area contributed by atoms with E-state index in [1.54, 1.807) is 6.07 Å². The van der Waals surface area contributed by atoms with E-state index >= 15 is 0 Å². The second-order valence-corrected chi connectivity index (χ2v) is 32.1. The number of hydrogen-bond donors (Lipinski definition) is 8. The van der Waals surface area contributed by atoms with E-state index in [9.17, 15) is 50.7 Å². The average Bonchev–Trinajstić information content (AvgIpc) is 1.65. The van der Waals surface area contributed by atoms with E-state index in [0.717, 1.165) is 117 Å². The number of carboxylic acid groups (broad SMARTS) is 3. The average molecular weight is 1660 g/mol. The summed E-state index contributed by atoms with van der Waals surface area (Å²) < 4.78 is 108. The number of oxime groups is 1. The van der Waals surface area contributed by atoms with Crippen LogP contribution in [0.4, 0.5) is 33.3 Å². The molecule has 5 aromatic heterocycles. The van der Waals surface area contributed by atoms with Crippen LogP contribution in [0.1, 0.15) is 101 Å². The molecular weight excluding hydrogens is 1590 g/mol. The number of aryl methyl sites for hydroxylation is 6. The summed E-state index contributed by atoms with van der Waals surface area (Å²) in [7, 11) is 3.38. The normalized spacial score (nSPS) is 10.2. The van der Waals surface area contributed by atoms with Gasteiger partial charge in [0.05, 0.1) is 62.3 Å². The van der Waals surface area contributed by atoms with Crippen molar-refractivity contribution in [2.75, 3.05) is 28.4 Å². The molecule has 612 valence electrons. The molecule has 0 atom stereocenters. The first-order valence-corrected chi connectivity index (χ1v) is 37.7. The summed E-state index contributed by atoms with van der Waals surface area (Å²) in [6.07, 6.45) is 0. The minimum Gasteiger partial charge on any atom is -0.870 e. The van der Waals surface area contributed by atoms with Gasteiger partial charge < -0.3 is 78.6 Å². The standard InChI is InChI=1S/C20H15FN2O4.C19H13FN2O4.C11H10O3.C9H9FN2O3.C9H6FNO2.C8H4FNO2.C3H9ClSi.CH4O.Li.H3NO.H2O/c1-10-4-5-11(2)17-14(10)9-16(26-17)19-22-18(23-27-19)12-6-7-13(15(21)8-12)20(24)25-3;1-9-3-4-10(2)16-13(9)8-15(25-16)18-21-17(22-26-18)11-5-6-12(19(23)24)14(20)7-11;1-6-3-4-7(2)10-8(6)5-9(14-10)11(12)13;1-15-9(13)6-3-2-5(4-7(6)10)8(11)12-14;1-11-6-3-4-7(8(10)5-6)9(12)13-2;1-10-5-2-3-6(8(11)12)7(9)4-5;1-5(2,3)4;1-2;;1-2;/h4-9H,1-3H3;3-8H,1-2H3,(H,23,24);3-5H,1-2H3,(H,12,13);2-4,14H,1H3,(H2,11,12);3-5H,2H3;2-4H,(H,11,12);1-3H3;2H,1H3;;2H,1H2;1H2/q;;;;;;;;+1;;/p-1. The summed E-state index contributed by atoms with van der Waals surface area (Å²) in [5.74, 6) is -5.14. The number of furan rings is 3. The molecule has 0 radical (unpaired) electrons. The van der Waals surface area contributed by atoms with Crippen molar-refractivity contribution in [1.82, 2.24) is 20.3 Å². The molecule has 0 saturated carbocycles. The van der Waals surface area contributed by atoms with Gasteiger partial charge in [0, 0.05) is 40.0 Å². The first-order chi connectivity index (χ1) is 54.9. The molecule has 13 rings (SSSR count). The summed E-state index contributed by atoms with van der Waals surface area (Å²) in [5.41, 5.74) is 13.3. The fourth-order valence-electron chi connectivity index (χ4n) is 9.74. The predicted molar refractivity (Wildman–Crippen MR) is 419 cm³/mol. The molecular formula is C80H74ClF5LiN9O21Si.